The van der Waals surface area contributed by atoms with Gasteiger partial charge in [0.25, 0.3) is 0 Å². The van der Waals surface area contributed by atoms with Crippen molar-refractivity contribution in [2.24, 2.45) is 5.41 Å². The molecule has 0 saturated carbocycles. The topological polar surface area (TPSA) is 21.3 Å². The third-order valence-corrected chi connectivity index (χ3v) is 4.22. The Kier molecular flexibility index (Phi) is 7.31. The molecule has 1 N–H and O–H groups in total. The van der Waals surface area contributed by atoms with Gasteiger partial charge in [-0.1, -0.05) is 49.7 Å². The molecule has 0 saturated heterocycles. The Morgan fingerprint density at radius 3 is 2.43 bits per heavy atom. The molecule has 0 radical (unpaired) electrons. The number of hydrogen-bond donors (Lipinski definition) is 1. The molecule has 0 aliphatic carbocycles. The Bertz CT molecular complexity index is 445. The van der Waals surface area contributed by atoms with Crippen LogP contribution < -0.4 is 5.32 Å². The molecule has 1 rings (SSSR count). The Morgan fingerprint density at radius 2 is 1.95 bits per heavy atom. The van der Waals surface area contributed by atoms with Crippen molar-refractivity contribution in [1.29, 1.82) is 0 Å². The smallest absolute Gasteiger partial charge is 0.124 e. The molecule has 0 aliphatic rings. The molecule has 120 valence electrons. The number of nitrogens with one attached hydrogen (secondary N) is 1. The van der Waals surface area contributed by atoms with E-state index in [4.69, 9.17) is 4.74 Å². The van der Waals surface area contributed by atoms with E-state index in [9.17, 15) is 4.39 Å². The van der Waals surface area contributed by atoms with Crippen molar-refractivity contribution in [3.63, 3.8) is 0 Å². The molecule has 0 amide bonds. The van der Waals surface area contributed by atoms with E-state index < -0.39 is 0 Å². The molecule has 0 bridgehead atoms. The molecule has 0 aliphatic heterocycles. The second-order valence-electron chi connectivity index (χ2n) is 6.35. The number of benzene rings is 1. The zero-order chi connectivity index (χ0) is 16.0. The number of rotatable bonds is 7. The number of ether oxygens (including phenoxy) is 1. The van der Waals surface area contributed by atoms with Gasteiger partial charge in [-0.3, -0.25) is 0 Å². The van der Waals surface area contributed by atoms with Gasteiger partial charge < -0.3 is 10.1 Å². The number of likely N-dealkylation sites (N-methyl/N-ethyl adjacent to an activating group) is 1. The Balaban J connectivity index is 2.98. The van der Waals surface area contributed by atoms with Crippen molar-refractivity contribution < 1.29 is 9.13 Å². The predicted molar refractivity (Wildman–Crippen MR) is 90.1 cm³/mol. The predicted octanol–water partition coefficient (Wildman–Crippen LogP) is 4.56. The van der Waals surface area contributed by atoms with Crippen LogP contribution in [-0.2, 0) is 11.2 Å². The van der Waals surface area contributed by atoms with Gasteiger partial charge in [0.2, 0.25) is 0 Å². The highest BCUT2D eigenvalue weighted by molar-refractivity contribution is 9.10. The standard InChI is InChI=1S/C17H27BrFNO/c1-6-20-15(16(21-7-2)17(3,4)5)10-12-8-9-13(19)11-14(12)18/h8-9,11,15-16,20H,6-7,10H2,1-5H3. The summed E-state index contributed by atoms with van der Waals surface area (Å²) in [7, 11) is 0. The average Bonchev–Trinajstić information content (AvgIpc) is 2.37. The Hall–Kier alpha value is -0.450. The molecule has 1 aromatic carbocycles. The van der Waals surface area contributed by atoms with Gasteiger partial charge in [-0.2, -0.15) is 0 Å². The summed E-state index contributed by atoms with van der Waals surface area (Å²) in [6, 6.07) is 5.06. The zero-order valence-electron chi connectivity index (χ0n) is 13.7. The highest BCUT2D eigenvalue weighted by Crippen LogP contribution is 2.28. The first-order valence-electron chi connectivity index (χ1n) is 7.58. The maximum Gasteiger partial charge on any atom is 0.124 e. The van der Waals surface area contributed by atoms with Crippen LogP contribution in [0.25, 0.3) is 0 Å². The van der Waals surface area contributed by atoms with Crippen LogP contribution in [0.5, 0.6) is 0 Å². The summed E-state index contributed by atoms with van der Waals surface area (Å²) in [5, 5.41) is 3.52. The first kappa shape index (κ1) is 18.6. The van der Waals surface area contributed by atoms with Crippen LogP contribution in [0.15, 0.2) is 22.7 Å². The number of hydrogen-bond acceptors (Lipinski definition) is 2. The lowest BCUT2D eigenvalue weighted by Crippen LogP contribution is -2.49. The fourth-order valence-electron chi connectivity index (χ4n) is 2.62. The molecule has 1 aromatic rings. The second-order valence-corrected chi connectivity index (χ2v) is 7.20. The van der Waals surface area contributed by atoms with Gasteiger partial charge in [0.15, 0.2) is 0 Å². The third-order valence-electron chi connectivity index (χ3n) is 3.49. The average molecular weight is 360 g/mol. The van der Waals surface area contributed by atoms with E-state index in [0.29, 0.717) is 6.61 Å². The molecule has 21 heavy (non-hydrogen) atoms. The first-order chi connectivity index (χ1) is 9.79. The highest BCUT2D eigenvalue weighted by Gasteiger charge is 2.32. The summed E-state index contributed by atoms with van der Waals surface area (Å²) < 4.78 is 20.1. The fraction of sp³-hybridized carbons (Fsp3) is 0.647. The molecule has 2 atom stereocenters. The summed E-state index contributed by atoms with van der Waals surface area (Å²) in [6.07, 6.45) is 0.899. The van der Waals surface area contributed by atoms with Crippen molar-refractivity contribution in [3.8, 4) is 0 Å². The monoisotopic (exact) mass is 359 g/mol. The lowest BCUT2D eigenvalue weighted by Gasteiger charge is -2.37. The van der Waals surface area contributed by atoms with Crippen LogP contribution in [-0.4, -0.2) is 25.3 Å². The summed E-state index contributed by atoms with van der Waals surface area (Å²) in [5.41, 5.74) is 1.13. The Labute approximate surface area is 136 Å². The lowest BCUT2D eigenvalue weighted by atomic mass is 9.82. The molecule has 0 fully saturated rings. The molecule has 2 nitrogen and oxygen atoms in total. The summed E-state index contributed by atoms with van der Waals surface area (Å²) in [6.45, 7) is 12.3. The van der Waals surface area contributed by atoms with Crippen LogP contribution in [0.3, 0.4) is 0 Å². The molecule has 4 heteroatoms. The minimum atomic E-state index is -0.220. The number of halogens is 2. The molecule has 0 aromatic heterocycles. The van der Waals surface area contributed by atoms with E-state index in [1.54, 1.807) is 0 Å². The van der Waals surface area contributed by atoms with Crippen LogP contribution in [0, 0.1) is 11.2 Å². The summed E-state index contributed by atoms with van der Waals surface area (Å²) in [4.78, 5) is 0. The van der Waals surface area contributed by atoms with Crippen LogP contribution in [0.1, 0.15) is 40.2 Å². The lowest BCUT2D eigenvalue weighted by molar-refractivity contribution is -0.0352. The summed E-state index contributed by atoms with van der Waals surface area (Å²) >= 11 is 3.46. The molecule has 0 heterocycles. The fourth-order valence-corrected chi connectivity index (χ4v) is 3.13. The van der Waals surface area contributed by atoms with Gasteiger partial charge in [-0.15, -0.1) is 0 Å². The van der Waals surface area contributed by atoms with Gasteiger partial charge in [0.1, 0.15) is 5.82 Å². The van der Waals surface area contributed by atoms with Gasteiger partial charge >= 0.3 is 0 Å². The highest BCUT2D eigenvalue weighted by atomic mass is 79.9. The minimum Gasteiger partial charge on any atom is -0.376 e. The molecule has 0 spiro atoms. The third kappa shape index (κ3) is 5.68. The van der Waals surface area contributed by atoms with E-state index in [0.717, 1.165) is 23.0 Å². The van der Waals surface area contributed by atoms with Gasteiger partial charge in [-0.05, 0) is 43.0 Å². The van der Waals surface area contributed by atoms with E-state index in [1.807, 2.05) is 13.0 Å². The second kappa shape index (κ2) is 8.25. The van der Waals surface area contributed by atoms with Crippen molar-refractivity contribution in [3.05, 3.63) is 34.1 Å². The zero-order valence-corrected chi connectivity index (χ0v) is 15.3. The summed E-state index contributed by atoms with van der Waals surface area (Å²) in [5.74, 6) is -0.220. The van der Waals surface area contributed by atoms with Crippen molar-refractivity contribution in [1.82, 2.24) is 5.32 Å². The van der Waals surface area contributed by atoms with E-state index in [-0.39, 0.29) is 23.4 Å². The molecule has 2 unspecified atom stereocenters. The van der Waals surface area contributed by atoms with Crippen LogP contribution in [0.2, 0.25) is 0 Å². The minimum absolute atomic E-state index is 0.0371. The van der Waals surface area contributed by atoms with E-state index >= 15 is 0 Å². The normalized spacial score (nSPS) is 15.0. The maximum atomic E-state index is 13.2. The Morgan fingerprint density at radius 1 is 1.29 bits per heavy atom. The van der Waals surface area contributed by atoms with Crippen molar-refractivity contribution >= 4 is 15.9 Å². The molecular weight excluding hydrogens is 333 g/mol. The SMILES string of the molecule is CCNC(Cc1ccc(F)cc1Br)C(OCC)C(C)(C)C. The van der Waals surface area contributed by atoms with Crippen LogP contribution >= 0.6 is 15.9 Å². The quantitative estimate of drug-likeness (QED) is 0.770. The van der Waals surface area contributed by atoms with E-state index in [1.165, 1.54) is 12.1 Å². The van der Waals surface area contributed by atoms with E-state index in [2.05, 4.69) is 48.9 Å². The first-order valence-corrected chi connectivity index (χ1v) is 8.37. The van der Waals surface area contributed by atoms with Crippen LogP contribution in [0.4, 0.5) is 4.39 Å². The maximum absolute atomic E-state index is 13.2. The van der Waals surface area contributed by atoms with Gasteiger partial charge in [0, 0.05) is 17.1 Å². The largest absolute Gasteiger partial charge is 0.376 e. The van der Waals surface area contributed by atoms with Gasteiger partial charge in [-0.25, -0.2) is 4.39 Å². The van der Waals surface area contributed by atoms with Crippen molar-refractivity contribution in [2.75, 3.05) is 13.2 Å². The van der Waals surface area contributed by atoms with Crippen molar-refractivity contribution in [2.45, 2.75) is 53.2 Å². The molecular formula is C17H27BrFNO. The van der Waals surface area contributed by atoms with Gasteiger partial charge in [0.05, 0.1) is 6.10 Å².